The Morgan fingerprint density at radius 3 is 2.63 bits per heavy atom. The second-order valence-electron chi connectivity index (χ2n) is 10.9. The largest absolute Gasteiger partial charge is 0.493 e. The summed E-state index contributed by atoms with van der Waals surface area (Å²) in [6.45, 7) is 6.68. The zero-order chi connectivity index (χ0) is 29.3. The molecule has 9 nitrogen and oxygen atoms in total. The molecule has 0 saturated carbocycles. The van der Waals surface area contributed by atoms with E-state index in [9.17, 15) is 4.79 Å². The third-order valence-corrected chi connectivity index (χ3v) is 8.14. The smallest absolute Gasteiger partial charge is 0.255 e. The van der Waals surface area contributed by atoms with E-state index in [1.807, 2.05) is 49.1 Å². The molecule has 1 fully saturated rings. The van der Waals surface area contributed by atoms with Crippen LogP contribution in [0.2, 0.25) is 0 Å². The number of aryl methyl sites for hydroxylation is 1. The summed E-state index contributed by atoms with van der Waals surface area (Å²) in [5.74, 6) is 1.92. The number of nitrogens with one attached hydrogen (secondary N) is 1. The van der Waals surface area contributed by atoms with Gasteiger partial charge in [-0.05, 0) is 62.1 Å². The number of hydrogen-bond donors (Lipinski definition) is 3. The molecule has 1 aliphatic heterocycles. The first-order chi connectivity index (χ1) is 19.7. The van der Waals surface area contributed by atoms with Gasteiger partial charge in [0.25, 0.3) is 5.91 Å². The van der Waals surface area contributed by atoms with Crippen LogP contribution in [-0.4, -0.2) is 48.4 Å². The molecule has 2 aromatic carbocycles. The number of nitrogen functional groups attached to an aromatic ring is 1. The van der Waals surface area contributed by atoms with Crippen molar-refractivity contribution in [1.82, 2.24) is 9.97 Å². The van der Waals surface area contributed by atoms with Gasteiger partial charge in [0.2, 0.25) is 5.71 Å². The lowest BCUT2D eigenvalue weighted by atomic mass is 9.67. The fraction of sp³-hybridized carbons (Fsp3) is 0.312. The number of fused-ring (bicyclic) bond motifs is 1. The highest BCUT2D eigenvalue weighted by molar-refractivity contribution is 6.14. The number of piperidine rings is 1. The van der Waals surface area contributed by atoms with Crippen molar-refractivity contribution in [2.75, 3.05) is 36.7 Å². The molecule has 0 radical (unpaired) electrons. The minimum atomic E-state index is -0.264. The lowest BCUT2D eigenvalue weighted by Crippen LogP contribution is -2.55. The molecule has 5 N–H and O–H groups in total. The Hall–Kier alpha value is -4.66. The van der Waals surface area contributed by atoms with Crippen LogP contribution in [0.5, 0.6) is 11.5 Å². The highest BCUT2D eigenvalue weighted by atomic mass is 16.5. The van der Waals surface area contributed by atoms with Crippen molar-refractivity contribution in [2.45, 2.75) is 39.7 Å². The maximum atomic E-state index is 14.2. The van der Waals surface area contributed by atoms with Gasteiger partial charge < -0.3 is 25.4 Å². The van der Waals surface area contributed by atoms with Crippen molar-refractivity contribution in [3.8, 4) is 11.5 Å². The average molecular weight is 554 g/mol. The maximum Gasteiger partial charge on any atom is 0.255 e. The van der Waals surface area contributed by atoms with Gasteiger partial charge in [0.1, 0.15) is 23.5 Å². The molecule has 2 aliphatic rings. The molecular formula is C32H37N6O3+. The van der Waals surface area contributed by atoms with E-state index in [0.717, 1.165) is 35.2 Å². The second kappa shape index (κ2) is 11.1. The highest BCUT2D eigenvalue weighted by Gasteiger charge is 2.47. The molecule has 0 spiro atoms. The molecule has 9 heteroatoms. The Bertz CT molecular complexity index is 1580. The number of anilines is 3. The topological polar surface area (TPSA) is 128 Å². The van der Waals surface area contributed by atoms with Gasteiger partial charge in [-0.1, -0.05) is 37.3 Å². The minimum Gasteiger partial charge on any atom is -0.493 e. The van der Waals surface area contributed by atoms with Crippen molar-refractivity contribution in [3.05, 3.63) is 88.8 Å². The summed E-state index contributed by atoms with van der Waals surface area (Å²) < 4.78 is 10.8. The van der Waals surface area contributed by atoms with Gasteiger partial charge in [-0.15, -0.1) is 0 Å². The second-order valence-corrected chi connectivity index (χ2v) is 10.9. The molecule has 1 aliphatic carbocycles. The van der Waals surface area contributed by atoms with Gasteiger partial charge in [0.15, 0.2) is 11.5 Å². The van der Waals surface area contributed by atoms with Crippen molar-refractivity contribution in [1.29, 1.82) is 0 Å². The first-order valence-corrected chi connectivity index (χ1v) is 13.6. The van der Waals surface area contributed by atoms with E-state index >= 15 is 0 Å². The number of rotatable bonds is 8. The number of carbonyl (C=O) groups is 1. The summed E-state index contributed by atoms with van der Waals surface area (Å²) in [6.07, 6.45) is 7.23. The van der Waals surface area contributed by atoms with Gasteiger partial charge >= 0.3 is 0 Å². The molecular weight excluding hydrogens is 516 g/mol. The van der Waals surface area contributed by atoms with E-state index in [2.05, 4.69) is 34.4 Å². The van der Waals surface area contributed by atoms with Crippen LogP contribution in [0.25, 0.3) is 0 Å². The van der Waals surface area contributed by atoms with Crippen molar-refractivity contribution in [3.63, 3.8) is 0 Å². The number of allylic oxidation sites excluding steroid dienone is 3. The normalized spacial score (nSPS) is 20.1. The Morgan fingerprint density at radius 1 is 1.15 bits per heavy atom. The van der Waals surface area contributed by atoms with E-state index in [-0.39, 0.29) is 23.2 Å². The van der Waals surface area contributed by atoms with Gasteiger partial charge in [0, 0.05) is 23.2 Å². The molecule has 1 saturated heterocycles. The Kier molecular flexibility index (Phi) is 7.53. The van der Waals surface area contributed by atoms with Crippen LogP contribution in [0.1, 0.15) is 43.4 Å². The number of para-hydroxylation sites is 1. The molecule has 5 rings (SSSR count). The van der Waals surface area contributed by atoms with Crippen LogP contribution in [0, 0.1) is 12.3 Å². The molecule has 41 heavy (non-hydrogen) atoms. The lowest BCUT2D eigenvalue weighted by molar-refractivity contribution is -0.118. The monoisotopic (exact) mass is 553 g/mol. The molecule has 2 atom stereocenters. The van der Waals surface area contributed by atoms with E-state index < -0.39 is 0 Å². The van der Waals surface area contributed by atoms with Gasteiger partial charge in [-0.2, -0.15) is 0 Å². The summed E-state index contributed by atoms with van der Waals surface area (Å²) in [6, 6.07) is 13.3. The van der Waals surface area contributed by atoms with Gasteiger partial charge in [0.05, 0.1) is 25.8 Å². The number of ether oxygens (including phenoxy) is 2. The Balaban J connectivity index is 1.50. The third-order valence-electron chi connectivity index (χ3n) is 8.14. The first kappa shape index (κ1) is 27.9. The van der Waals surface area contributed by atoms with Gasteiger partial charge in [-0.25, -0.2) is 9.97 Å². The molecule has 2 unspecified atom stereocenters. The molecule has 3 aromatic rings. The Labute approximate surface area is 240 Å². The van der Waals surface area contributed by atoms with E-state index in [0.29, 0.717) is 40.7 Å². The summed E-state index contributed by atoms with van der Waals surface area (Å²) in [4.78, 5) is 24.8. The molecule has 212 valence electrons. The van der Waals surface area contributed by atoms with E-state index in [1.54, 1.807) is 26.4 Å². The predicted molar refractivity (Wildman–Crippen MR) is 161 cm³/mol. The summed E-state index contributed by atoms with van der Waals surface area (Å²) in [5, 5.41) is 10.1. The number of carbonyl (C=O) groups excluding carboxylic acids is 1. The number of aromatic nitrogens is 2. The summed E-state index contributed by atoms with van der Waals surface area (Å²) >= 11 is 0. The molecule has 1 aromatic heterocycles. The van der Waals surface area contributed by atoms with E-state index in [4.69, 9.17) is 20.6 Å². The fourth-order valence-corrected chi connectivity index (χ4v) is 6.13. The maximum absolute atomic E-state index is 14.2. The van der Waals surface area contributed by atoms with Crippen molar-refractivity contribution >= 4 is 28.9 Å². The number of nitrogens with two attached hydrogens (primary N) is 2. The van der Waals surface area contributed by atoms with Crippen molar-refractivity contribution < 1.29 is 19.7 Å². The Morgan fingerprint density at radius 2 is 1.90 bits per heavy atom. The van der Waals surface area contributed by atoms with Crippen LogP contribution >= 0.6 is 0 Å². The zero-order valence-electron chi connectivity index (χ0n) is 24.2. The number of methoxy groups -OCH3 is 2. The number of hydrogen-bond acceptors (Lipinski definition) is 7. The average Bonchev–Trinajstić information content (AvgIpc) is 2.95. The van der Waals surface area contributed by atoms with E-state index in [1.165, 1.54) is 6.33 Å². The van der Waals surface area contributed by atoms with Crippen LogP contribution in [0.3, 0.4) is 0 Å². The summed E-state index contributed by atoms with van der Waals surface area (Å²) in [7, 11) is 3.15. The van der Waals surface area contributed by atoms with Crippen LogP contribution in [0.4, 0.5) is 17.3 Å². The number of amides is 1. The fourth-order valence-electron chi connectivity index (χ4n) is 6.13. The molecule has 1 amide bonds. The third kappa shape index (κ3) is 5.03. The van der Waals surface area contributed by atoms with Crippen LogP contribution < -0.4 is 30.8 Å². The number of benzene rings is 2. The van der Waals surface area contributed by atoms with Gasteiger partial charge in [-0.3, -0.25) is 10.2 Å². The standard InChI is InChI=1S/C32H36N6O3/c1-19-9-6-7-11-23(19)38-22(16-32(3)14-8-10-20(2)27(32)31(38)39)17-35-30-26(29(34)36-18-37-30)28(33)21-12-13-24(40-4)25(15-21)41-5/h6-13,15,18,22,33H,14,16-17H2,1-5H3,(H3,34,35,36,37)/p+1. The molecule has 2 heterocycles. The predicted octanol–water partition coefficient (Wildman–Crippen LogP) is 3.48. The number of nitrogens with zero attached hydrogens (tertiary/aromatic N) is 3. The summed E-state index contributed by atoms with van der Waals surface area (Å²) in [5.41, 5.74) is 11.5. The lowest BCUT2D eigenvalue weighted by Gasteiger charge is -2.48. The molecule has 0 bridgehead atoms. The highest BCUT2D eigenvalue weighted by Crippen LogP contribution is 2.48. The zero-order valence-corrected chi connectivity index (χ0v) is 24.2. The SMILES string of the molecule is COc1ccc(C(=[NH2+])c2c(N)ncnc2NCC2CC3(C)CC=CC(C)=C3C(=O)N2c2ccccc2C)cc1OC. The minimum absolute atomic E-state index is 0.0422. The van der Waals surface area contributed by atoms with Crippen LogP contribution in [-0.2, 0) is 4.79 Å². The quantitative estimate of drug-likeness (QED) is 0.364. The van der Waals surface area contributed by atoms with Crippen LogP contribution in [0.15, 0.2) is 72.1 Å². The first-order valence-electron chi connectivity index (χ1n) is 13.6. The van der Waals surface area contributed by atoms with Crippen molar-refractivity contribution in [2.24, 2.45) is 5.41 Å².